The molecule has 0 unspecified atom stereocenters. The second kappa shape index (κ2) is 12.6. The number of carboxylic acids is 1. The Morgan fingerprint density at radius 3 is 1.92 bits per heavy atom. The van der Waals surface area contributed by atoms with Crippen molar-refractivity contribution >= 4 is 17.8 Å². The summed E-state index contributed by atoms with van der Waals surface area (Å²) in [6, 6.07) is 25.8. The lowest BCUT2D eigenvalue weighted by atomic mass is 9.94. The number of rotatable bonds is 10. The molecule has 4 aromatic rings. The summed E-state index contributed by atoms with van der Waals surface area (Å²) in [6.07, 6.45) is -0.222. The van der Waals surface area contributed by atoms with Crippen molar-refractivity contribution in [3.63, 3.8) is 0 Å². The van der Waals surface area contributed by atoms with Crippen molar-refractivity contribution in [3.05, 3.63) is 131 Å². The SMILES string of the molecule is O=C(O)CCN(Cc1ccccc1)C(=O)c1ccccc1-c1ccccc1C(=O)NCc1cc(F)cc(F)c1. The van der Waals surface area contributed by atoms with Crippen molar-refractivity contribution in [2.75, 3.05) is 6.54 Å². The van der Waals surface area contributed by atoms with Crippen molar-refractivity contribution in [1.82, 2.24) is 10.2 Å². The minimum Gasteiger partial charge on any atom is -0.481 e. The van der Waals surface area contributed by atoms with Gasteiger partial charge in [-0.15, -0.1) is 0 Å². The number of hydrogen-bond donors (Lipinski definition) is 2. The van der Waals surface area contributed by atoms with Crippen molar-refractivity contribution in [3.8, 4) is 11.1 Å². The van der Waals surface area contributed by atoms with Crippen LogP contribution in [0.3, 0.4) is 0 Å². The van der Waals surface area contributed by atoms with Gasteiger partial charge in [-0.05, 0) is 46.5 Å². The Morgan fingerprint density at radius 2 is 1.28 bits per heavy atom. The summed E-state index contributed by atoms with van der Waals surface area (Å²) < 4.78 is 27.1. The molecule has 0 aromatic heterocycles. The highest BCUT2D eigenvalue weighted by molar-refractivity contribution is 6.06. The van der Waals surface area contributed by atoms with Crippen LogP contribution in [0.4, 0.5) is 8.78 Å². The molecule has 0 aliphatic carbocycles. The maximum Gasteiger partial charge on any atom is 0.305 e. The van der Waals surface area contributed by atoms with Crippen LogP contribution >= 0.6 is 0 Å². The summed E-state index contributed by atoms with van der Waals surface area (Å²) in [6.45, 7) is 0.125. The molecule has 198 valence electrons. The van der Waals surface area contributed by atoms with Gasteiger partial charge in [0, 0.05) is 36.8 Å². The number of aliphatic carboxylic acids is 1. The quantitative estimate of drug-likeness (QED) is 0.277. The standard InChI is InChI=1S/C31H26F2N2O4/c32-23-16-22(17-24(33)18-23)19-34-30(38)27-12-6-4-10-25(27)26-11-5-7-13-28(26)31(39)35(15-14-29(36)37)20-21-8-2-1-3-9-21/h1-13,16-18H,14-15,19-20H2,(H,34,38)(H,36,37). The predicted octanol–water partition coefficient (Wildman–Crippen LogP) is 5.68. The smallest absolute Gasteiger partial charge is 0.305 e. The minimum atomic E-state index is -1.02. The summed E-state index contributed by atoms with van der Waals surface area (Å²) in [4.78, 5) is 39.7. The maximum absolute atomic E-state index is 13.8. The van der Waals surface area contributed by atoms with Crippen molar-refractivity contribution in [2.24, 2.45) is 0 Å². The monoisotopic (exact) mass is 528 g/mol. The molecule has 0 saturated carbocycles. The van der Waals surface area contributed by atoms with Gasteiger partial charge in [0.15, 0.2) is 0 Å². The minimum absolute atomic E-state index is 0.00369. The van der Waals surface area contributed by atoms with Gasteiger partial charge in [0.05, 0.1) is 6.42 Å². The van der Waals surface area contributed by atoms with Gasteiger partial charge in [0.2, 0.25) is 0 Å². The number of nitrogens with one attached hydrogen (secondary N) is 1. The van der Waals surface area contributed by atoms with E-state index in [0.29, 0.717) is 16.7 Å². The molecule has 0 bridgehead atoms. The van der Waals surface area contributed by atoms with Crippen LogP contribution in [0.25, 0.3) is 11.1 Å². The van der Waals surface area contributed by atoms with Crippen LogP contribution in [0.15, 0.2) is 97.1 Å². The number of hydrogen-bond acceptors (Lipinski definition) is 3. The van der Waals surface area contributed by atoms with E-state index in [1.54, 1.807) is 48.5 Å². The van der Waals surface area contributed by atoms with Gasteiger partial charge in [-0.2, -0.15) is 0 Å². The van der Waals surface area contributed by atoms with Gasteiger partial charge >= 0.3 is 5.97 Å². The zero-order valence-corrected chi connectivity index (χ0v) is 20.9. The van der Waals surface area contributed by atoms with E-state index >= 15 is 0 Å². The highest BCUT2D eigenvalue weighted by Gasteiger charge is 2.23. The van der Waals surface area contributed by atoms with Gasteiger partial charge in [0.25, 0.3) is 11.8 Å². The number of amides is 2. The topological polar surface area (TPSA) is 86.7 Å². The molecule has 0 spiro atoms. The largest absolute Gasteiger partial charge is 0.481 e. The van der Waals surface area contributed by atoms with Crippen molar-refractivity contribution in [1.29, 1.82) is 0 Å². The molecule has 39 heavy (non-hydrogen) atoms. The molecule has 4 rings (SSSR count). The van der Waals surface area contributed by atoms with E-state index in [-0.39, 0.29) is 43.1 Å². The van der Waals surface area contributed by atoms with E-state index in [1.807, 2.05) is 30.3 Å². The second-order valence-corrected chi connectivity index (χ2v) is 8.91. The van der Waals surface area contributed by atoms with E-state index in [2.05, 4.69) is 5.32 Å². The van der Waals surface area contributed by atoms with E-state index in [0.717, 1.165) is 23.8 Å². The van der Waals surface area contributed by atoms with Crippen LogP contribution in [0, 0.1) is 11.6 Å². The molecule has 0 heterocycles. The molecule has 0 aliphatic heterocycles. The summed E-state index contributed by atoms with van der Waals surface area (Å²) in [5.41, 5.74) is 2.69. The Morgan fingerprint density at radius 1 is 0.718 bits per heavy atom. The third kappa shape index (κ3) is 7.13. The number of carbonyl (C=O) groups excluding carboxylic acids is 2. The van der Waals surface area contributed by atoms with Gasteiger partial charge in [-0.1, -0.05) is 66.7 Å². The van der Waals surface area contributed by atoms with E-state index in [4.69, 9.17) is 0 Å². The number of nitrogens with zero attached hydrogens (tertiary/aromatic N) is 1. The fourth-order valence-corrected chi connectivity index (χ4v) is 4.27. The van der Waals surface area contributed by atoms with E-state index in [9.17, 15) is 28.3 Å². The van der Waals surface area contributed by atoms with E-state index in [1.165, 1.54) is 4.90 Å². The van der Waals surface area contributed by atoms with Gasteiger partial charge < -0.3 is 15.3 Å². The lowest BCUT2D eigenvalue weighted by molar-refractivity contribution is -0.137. The van der Waals surface area contributed by atoms with Gasteiger partial charge in [-0.25, -0.2) is 8.78 Å². The molecule has 4 aromatic carbocycles. The van der Waals surface area contributed by atoms with Crippen LogP contribution in [0.5, 0.6) is 0 Å². The molecule has 0 saturated heterocycles. The Hall–Kier alpha value is -4.85. The molecule has 2 N–H and O–H groups in total. The fraction of sp³-hybridized carbons (Fsp3) is 0.129. The Labute approximate surface area is 224 Å². The van der Waals surface area contributed by atoms with E-state index < -0.39 is 23.5 Å². The second-order valence-electron chi connectivity index (χ2n) is 8.91. The van der Waals surface area contributed by atoms with Crippen LogP contribution in [0.2, 0.25) is 0 Å². The van der Waals surface area contributed by atoms with Crippen LogP contribution in [-0.4, -0.2) is 34.3 Å². The zero-order chi connectivity index (χ0) is 27.8. The first kappa shape index (κ1) is 27.2. The lowest BCUT2D eigenvalue weighted by Crippen LogP contribution is -2.33. The summed E-state index contributed by atoms with van der Waals surface area (Å²) in [5, 5.41) is 11.9. The Kier molecular flexibility index (Phi) is 8.78. The predicted molar refractivity (Wildman–Crippen MR) is 143 cm³/mol. The number of halogens is 2. The molecule has 8 heteroatoms. The summed E-state index contributed by atoms with van der Waals surface area (Å²) in [7, 11) is 0. The molecule has 0 aliphatic rings. The lowest BCUT2D eigenvalue weighted by Gasteiger charge is -2.24. The molecule has 0 radical (unpaired) electrons. The first-order chi connectivity index (χ1) is 18.8. The third-order valence-corrected chi connectivity index (χ3v) is 6.09. The number of carbonyl (C=O) groups is 3. The first-order valence-electron chi connectivity index (χ1n) is 12.3. The highest BCUT2D eigenvalue weighted by Crippen LogP contribution is 2.29. The Bertz CT molecular complexity index is 1470. The number of carboxylic acid groups (broad SMARTS) is 1. The molecular formula is C31H26F2N2O4. The molecule has 0 fully saturated rings. The molecule has 0 atom stereocenters. The highest BCUT2D eigenvalue weighted by atomic mass is 19.1. The number of benzene rings is 4. The Balaban J connectivity index is 1.64. The first-order valence-corrected chi connectivity index (χ1v) is 12.3. The normalized spacial score (nSPS) is 10.6. The van der Waals surface area contributed by atoms with Gasteiger partial charge in [-0.3, -0.25) is 14.4 Å². The fourth-order valence-electron chi connectivity index (χ4n) is 4.27. The van der Waals surface area contributed by atoms with Crippen LogP contribution in [-0.2, 0) is 17.9 Å². The van der Waals surface area contributed by atoms with Crippen molar-refractivity contribution in [2.45, 2.75) is 19.5 Å². The molecular weight excluding hydrogens is 502 g/mol. The maximum atomic E-state index is 13.8. The summed E-state index contributed by atoms with van der Waals surface area (Å²) in [5.74, 6) is -3.36. The average molecular weight is 529 g/mol. The molecule has 2 amide bonds. The van der Waals surface area contributed by atoms with Crippen LogP contribution < -0.4 is 5.32 Å². The average Bonchev–Trinajstić information content (AvgIpc) is 2.93. The van der Waals surface area contributed by atoms with Crippen LogP contribution in [0.1, 0.15) is 38.3 Å². The molecule has 6 nitrogen and oxygen atoms in total. The summed E-state index contributed by atoms with van der Waals surface area (Å²) >= 11 is 0. The van der Waals surface area contributed by atoms with Crippen molar-refractivity contribution < 1.29 is 28.3 Å². The van der Waals surface area contributed by atoms with Gasteiger partial charge in [0.1, 0.15) is 11.6 Å². The zero-order valence-electron chi connectivity index (χ0n) is 20.9. The third-order valence-electron chi connectivity index (χ3n) is 6.09.